The Bertz CT molecular complexity index is 437. The molecule has 1 aromatic rings. The number of carboxylic acids is 1. The first-order chi connectivity index (χ1) is 8.38. The molecule has 18 heavy (non-hydrogen) atoms. The Balaban J connectivity index is 2.08. The van der Waals surface area contributed by atoms with Gasteiger partial charge in [0, 0.05) is 25.5 Å². The second-order valence-electron chi connectivity index (χ2n) is 5.87. The van der Waals surface area contributed by atoms with Gasteiger partial charge in [-0.05, 0) is 17.8 Å². The number of aromatic carboxylic acids is 1. The maximum atomic E-state index is 10.7. The van der Waals surface area contributed by atoms with E-state index in [1.54, 1.807) is 0 Å². The molecule has 0 aromatic carbocycles. The van der Waals surface area contributed by atoms with Crippen LogP contribution in [0.2, 0.25) is 0 Å². The zero-order valence-corrected chi connectivity index (χ0v) is 11.1. The molecule has 2 heterocycles. The van der Waals surface area contributed by atoms with Crippen molar-refractivity contribution in [2.75, 3.05) is 18.0 Å². The van der Waals surface area contributed by atoms with Gasteiger partial charge in [0.15, 0.2) is 0 Å². The molecular weight excluding hydrogens is 230 g/mol. The Morgan fingerprint density at radius 2 is 2.00 bits per heavy atom. The molecule has 1 fully saturated rings. The second kappa shape index (κ2) is 4.55. The molecule has 1 atom stereocenters. The number of hydrogen-bond donors (Lipinski definition) is 1. The maximum absolute atomic E-state index is 10.7. The Morgan fingerprint density at radius 3 is 2.44 bits per heavy atom. The van der Waals surface area contributed by atoms with Crippen LogP contribution in [0, 0.1) is 11.3 Å². The Labute approximate surface area is 107 Å². The quantitative estimate of drug-likeness (QED) is 0.868. The number of nitrogens with zero attached hydrogens (tertiary/aromatic N) is 3. The van der Waals surface area contributed by atoms with Crippen LogP contribution < -0.4 is 4.90 Å². The van der Waals surface area contributed by atoms with Crippen molar-refractivity contribution in [3.05, 3.63) is 18.0 Å². The van der Waals surface area contributed by atoms with Crippen LogP contribution >= 0.6 is 0 Å². The first kappa shape index (κ1) is 12.8. The van der Waals surface area contributed by atoms with Crippen molar-refractivity contribution in [2.24, 2.45) is 11.3 Å². The van der Waals surface area contributed by atoms with Gasteiger partial charge in [-0.15, -0.1) is 0 Å². The lowest BCUT2D eigenvalue weighted by Crippen LogP contribution is -2.27. The molecule has 0 saturated carbocycles. The van der Waals surface area contributed by atoms with E-state index in [1.165, 1.54) is 12.4 Å². The summed E-state index contributed by atoms with van der Waals surface area (Å²) >= 11 is 0. The minimum atomic E-state index is -0.990. The molecule has 1 unspecified atom stereocenters. The van der Waals surface area contributed by atoms with Gasteiger partial charge >= 0.3 is 5.97 Å². The average molecular weight is 249 g/mol. The second-order valence-corrected chi connectivity index (χ2v) is 5.87. The van der Waals surface area contributed by atoms with Crippen LogP contribution in [0.5, 0.6) is 0 Å². The van der Waals surface area contributed by atoms with Crippen molar-refractivity contribution in [3.63, 3.8) is 0 Å². The summed E-state index contributed by atoms with van der Waals surface area (Å²) < 4.78 is 0. The molecule has 5 heteroatoms. The van der Waals surface area contributed by atoms with Crippen molar-refractivity contribution in [3.8, 4) is 0 Å². The smallest absolute Gasteiger partial charge is 0.338 e. The van der Waals surface area contributed by atoms with Crippen molar-refractivity contribution < 1.29 is 9.90 Å². The normalized spacial score (nSPS) is 20.2. The molecule has 2 rings (SSSR count). The van der Waals surface area contributed by atoms with Crippen LogP contribution in [0.1, 0.15) is 37.6 Å². The summed E-state index contributed by atoms with van der Waals surface area (Å²) in [5, 5.41) is 8.80. The van der Waals surface area contributed by atoms with E-state index >= 15 is 0 Å². The summed E-state index contributed by atoms with van der Waals surface area (Å²) in [6.45, 7) is 8.62. The molecule has 0 spiro atoms. The van der Waals surface area contributed by atoms with Crippen molar-refractivity contribution in [1.82, 2.24) is 9.97 Å². The highest BCUT2D eigenvalue weighted by Crippen LogP contribution is 2.34. The largest absolute Gasteiger partial charge is 0.478 e. The summed E-state index contributed by atoms with van der Waals surface area (Å²) in [6, 6.07) is 0. The van der Waals surface area contributed by atoms with E-state index in [-0.39, 0.29) is 11.0 Å². The first-order valence-electron chi connectivity index (χ1n) is 6.18. The van der Waals surface area contributed by atoms with Crippen LogP contribution in [0.15, 0.2) is 12.4 Å². The summed E-state index contributed by atoms with van der Waals surface area (Å²) in [5.74, 6) is 0.266. The molecule has 1 aliphatic heterocycles. The Hall–Kier alpha value is -1.65. The standard InChI is InChI=1S/C13H19N3O2/c1-13(2,3)10-4-5-16(8-10)12-14-6-9(7-15-12)11(17)18/h6-7,10H,4-5,8H2,1-3H3,(H,17,18). The average Bonchev–Trinajstić information content (AvgIpc) is 2.78. The highest BCUT2D eigenvalue weighted by atomic mass is 16.4. The Morgan fingerprint density at radius 1 is 1.39 bits per heavy atom. The van der Waals surface area contributed by atoms with E-state index in [4.69, 9.17) is 5.11 Å². The number of carboxylic acid groups (broad SMARTS) is 1. The van der Waals surface area contributed by atoms with Crippen molar-refractivity contribution >= 4 is 11.9 Å². The molecule has 5 nitrogen and oxygen atoms in total. The zero-order valence-electron chi connectivity index (χ0n) is 11.1. The van der Waals surface area contributed by atoms with Gasteiger partial charge in [0.1, 0.15) is 0 Å². The molecule has 1 saturated heterocycles. The third kappa shape index (κ3) is 2.60. The topological polar surface area (TPSA) is 66.3 Å². The molecule has 1 N–H and O–H groups in total. The monoisotopic (exact) mass is 249 g/mol. The van der Waals surface area contributed by atoms with E-state index in [0.29, 0.717) is 11.9 Å². The molecule has 0 amide bonds. The first-order valence-corrected chi connectivity index (χ1v) is 6.18. The van der Waals surface area contributed by atoms with E-state index in [9.17, 15) is 4.79 Å². The van der Waals surface area contributed by atoms with Gasteiger partial charge in [-0.2, -0.15) is 0 Å². The molecule has 1 aliphatic rings. The minimum absolute atomic E-state index is 0.130. The van der Waals surface area contributed by atoms with Gasteiger partial charge in [-0.1, -0.05) is 20.8 Å². The fourth-order valence-corrected chi connectivity index (χ4v) is 2.24. The fourth-order valence-electron chi connectivity index (χ4n) is 2.24. The van der Waals surface area contributed by atoms with Crippen molar-refractivity contribution in [1.29, 1.82) is 0 Å². The summed E-state index contributed by atoms with van der Waals surface area (Å²) in [6.07, 6.45) is 3.87. The minimum Gasteiger partial charge on any atom is -0.478 e. The summed E-state index contributed by atoms with van der Waals surface area (Å²) in [5.41, 5.74) is 0.417. The third-order valence-electron chi connectivity index (χ3n) is 3.58. The highest BCUT2D eigenvalue weighted by Gasteiger charge is 2.32. The SMILES string of the molecule is CC(C)(C)C1CCN(c2ncc(C(=O)O)cn2)C1. The predicted molar refractivity (Wildman–Crippen MR) is 68.8 cm³/mol. The number of hydrogen-bond acceptors (Lipinski definition) is 4. The molecular formula is C13H19N3O2. The van der Waals surface area contributed by atoms with E-state index in [0.717, 1.165) is 19.5 Å². The Kier molecular flexibility index (Phi) is 3.24. The lowest BCUT2D eigenvalue weighted by Gasteiger charge is -2.26. The van der Waals surface area contributed by atoms with E-state index in [2.05, 4.69) is 35.6 Å². The summed E-state index contributed by atoms with van der Waals surface area (Å²) in [4.78, 5) is 21.1. The van der Waals surface area contributed by atoms with Gasteiger partial charge in [0.25, 0.3) is 0 Å². The van der Waals surface area contributed by atoms with Gasteiger partial charge < -0.3 is 10.0 Å². The molecule has 1 aromatic heterocycles. The van der Waals surface area contributed by atoms with Crippen LogP contribution in [0.3, 0.4) is 0 Å². The van der Waals surface area contributed by atoms with Crippen molar-refractivity contribution in [2.45, 2.75) is 27.2 Å². The highest BCUT2D eigenvalue weighted by molar-refractivity contribution is 5.86. The van der Waals surface area contributed by atoms with Crippen LogP contribution in [-0.2, 0) is 0 Å². The molecule has 98 valence electrons. The van der Waals surface area contributed by atoms with Crippen LogP contribution in [-0.4, -0.2) is 34.1 Å². The van der Waals surface area contributed by atoms with Crippen LogP contribution in [0.25, 0.3) is 0 Å². The van der Waals surface area contributed by atoms with E-state index in [1.807, 2.05) is 0 Å². The summed E-state index contributed by atoms with van der Waals surface area (Å²) in [7, 11) is 0. The predicted octanol–water partition coefficient (Wildman–Crippen LogP) is 2.05. The van der Waals surface area contributed by atoms with Crippen LogP contribution in [0.4, 0.5) is 5.95 Å². The van der Waals surface area contributed by atoms with E-state index < -0.39 is 5.97 Å². The van der Waals surface area contributed by atoms with Gasteiger partial charge in [-0.25, -0.2) is 14.8 Å². The lowest BCUT2D eigenvalue weighted by molar-refractivity contribution is 0.0696. The third-order valence-corrected chi connectivity index (χ3v) is 3.58. The number of aromatic nitrogens is 2. The molecule has 0 bridgehead atoms. The fraction of sp³-hybridized carbons (Fsp3) is 0.615. The lowest BCUT2D eigenvalue weighted by atomic mass is 9.80. The van der Waals surface area contributed by atoms with Gasteiger partial charge in [0.05, 0.1) is 5.56 Å². The number of rotatable bonds is 2. The molecule has 0 aliphatic carbocycles. The number of anilines is 1. The maximum Gasteiger partial charge on any atom is 0.338 e. The molecule has 0 radical (unpaired) electrons. The van der Waals surface area contributed by atoms with Gasteiger partial charge in [0.2, 0.25) is 5.95 Å². The zero-order chi connectivity index (χ0) is 13.3. The van der Waals surface area contributed by atoms with Gasteiger partial charge in [-0.3, -0.25) is 0 Å². The number of carbonyl (C=O) groups is 1.